The number of imide groups is 1. The van der Waals surface area contributed by atoms with Gasteiger partial charge in [-0.15, -0.1) is 0 Å². The Morgan fingerprint density at radius 3 is 2.27 bits per heavy atom. The maximum Gasteiger partial charge on any atom is 0.282 e. The number of halogens is 1. The number of hydrogen-bond acceptors (Lipinski definition) is 4. The summed E-state index contributed by atoms with van der Waals surface area (Å²) >= 11 is 6.09. The molecule has 2 amide bonds. The number of fused-ring (bicyclic) bond motifs is 1. The molecule has 0 saturated heterocycles. The quantitative estimate of drug-likeness (QED) is 0.475. The molecule has 33 heavy (non-hydrogen) atoms. The van der Waals surface area contributed by atoms with Crippen LogP contribution in [0.25, 0.3) is 5.57 Å². The molecule has 0 fully saturated rings. The Morgan fingerprint density at radius 2 is 1.58 bits per heavy atom. The molecule has 0 saturated carbocycles. The van der Waals surface area contributed by atoms with E-state index in [0.717, 1.165) is 17.7 Å². The average molecular weight is 459 g/mol. The van der Waals surface area contributed by atoms with Crippen molar-refractivity contribution < 1.29 is 14.3 Å². The van der Waals surface area contributed by atoms with Crippen molar-refractivity contribution in [1.29, 1.82) is 0 Å². The van der Waals surface area contributed by atoms with E-state index in [2.05, 4.69) is 6.07 Å². The summed E-state index contributed by atoms with van der Waals surface area (Å²) in [6.45, 7) is 4.54. The number of amides is 2. The van der Waals surface area contributed by atoms with Gasteiger partial charge in [-0.05, 0) is 73.9 Å². The third kappa shape index (κ3) is 3.79. The van der Waals surface area contributed by atoms with Crippen LogP contribution in [-0.2, 0) is 16.0 Å². The van der Waals surface area contributed by atoms with Gasteiger partial charge in [-0.25, -0.2) is 4.90 Å². The zero-order valence-electron chi connectivity index (χ0n) is 18.4. The van der Waals surface area contributed by atoms with E-state index in [-0.39, 0.29) is 17.9 Å². The Morgan fingerprint density at radius 1 is 0.879 bits per heavy atom. The van der Waals surface area contributed by atoms with Gasteiger partial charge in [0.2, 0.25) is 0 Å². The molecule has 0 aromatic heterocycles. The molecule has 2 aliphatic heterocycles. The molecule has 2 heterocycles. The molecule has 5 rings (SSSR count). The van der Waals surface area contributed by atoms with E-state index in [9.17, 15) is 9.59 Å². The predicted octanol–water partition coefficient (Wildman–Crippen LogP) is 5.47. The van der Waals surface area contributed by atoms with Crippen molar-refractivity contribution in [2.75, 3.05) is 16.3 Å². The highest BCUT2D eigenvalue weighted by molar-refractivity contribution is 6.46. The summed E-state index contributed by atoms with van der Waals surface area (Å²) in [4.78, 5) is 30.7. The minimum Gasteiger partial charge on any atom is -0.491 e. The largest absolute Gasteiger partial charge is 0.491 e. The van der Waals surface area contributed by atoms with Gasteiger partial charge >= 0.3 is 0 Å². The highest BCUT2D eigenvalue weighted by Gasteiger charge is 2.44. The van der Waals surface area contributed by atoms with E-state index < -0.39 is 0 Å². The van der Waals surface area contributed by atoms with Crippen molar-refractivity contribution in [3.63, 3.8) is 0 Å². The Kier molecular flexibility index (Phi) is 5.43. The Balaban J connectivity index is 1.60. The van der Waals surface area contributed by atoms with E-state index in [4.69, 9.17) is 16.3 Å². The summed E-state index contributed by atoms with van der Waals surface area (Å²) in [5.41, 5.74) is 4.08. The molecule has 5 nitrogen and oxygen atoms in total. The van der Waals surface area contributed by atoms with Crippen LogP contribution in [0, 0.1) is 0 Å². The first-order valence-electron chi connectivity index (χ1n) is 10.9. The zero-order valence-corrected chi connectivity index (χ0v) is 19.2. The van der Waals surface area contributed by atoms with Gasteiger partial charge < -0.3 is 9.64 Å². The fourth-order valence-electron chi connectivity index (χ4n) is 4.40. The number of ether oxygens (including phenoxy) is 1. The maximum atomic E-state index is 13.8. The molecule has 2 aliphatic rings. The zero-order chi connectivity index (χ0) is 23.1. The van der Waals surface area contributed by atoms with Crippen LogP contribution in [0.3, 0.4) is 0 Å². The average Bonchev–Trinajstić information content (AvgIpc) is 3.33. The first-order valence-corrected chi connectivity index (χ1v) is 11.3. The van der Waals surface area contributed by atoms with Crippen LogP contribution in [0.1, 0.15) is 25.0 Å². The Bertz CT molecular complexity index is 1260. The summed E-state index contributed by atoms with van der Waals surface area (Å²) in [6.07, 6.45) is 0.849. The van der Waals surface area contributed by atoms with Gasteiger partial charge in [0, 0.05) is 17.3 Å². The van der Waals surface area contributed by atoms with Gasteiger partial charge in [0.25, 0.3) is 11.8 Å². The van der Waals surface area contributed by atoms with Crippen molar-refractivity contribution in [2.24, 2.45) is 0 Å². The molecule has 0 spiro atoms. The smallest absolute Gasteiger partial charge is 0.282 e. The van der Waals surface area contributed by atoms with Crippen molar-refractivity contribution in [3.05, 3.63) is 94.6 Å². The second kappa shape index (κ2) is 8.41. The molecule has 3 aromatic carbocycles. The maximum absolute atomic E-state index is 13.8. The number of para-hydroxylation sites is 1. The lowest BCUT2D eigenvalue weighted by atomic mass is 10.0. The minimum atomic E-state index is -0.348. The molecule has 0 unspecified atom stereocenters. The summed E-state index contributed by atoms with van der Waals surface area (Å²) in [5, 5.41) is 0.571. The number of rotatable bonds is 5. The van der Waals surface area contributed by atoms with Gasteiger partial charge in [0.1, 0.15) is 11.4 Å². The molecule has 0 atom stereocenters. The summed E-state index contributed by atoms with van der Waals surface area (Å²) in [7, 11) is 0. The van der Waals surface area contributed by atoms with Crippen LogP contribution in [-0.4, -0.2) is 24.5 Å². The van der Waals surface area contributed by atoms with Crippen LogP contribution in [0.15, 0.2) is 78.5 Å². The van der Waals surface area contributed by atoms with Crippen LogP contribution < -0.4 is 14.5 Å². The van der Waals surface area contributed by atoms with E-state index >= 15 is 0 Å². The first kappa shape index (κ1) is 21.3. The van der Waals surface area contributed by atoms with E-state index in [0.29, 0.717) is 39.8 Å². The fraction of sp³-hybridized carbons (Fsp3) is 0.185. The second-order valence-electron chi connectivity index (χ2n) is 8.37. The molecule has 0 aliphatic carbocycles. The van der Waals surface area contributed by atoms with Gasteiger partial charge in [-0.1, -0.05) is 41.9 Å². The van der Waals surface area contributed by atoms with Crippen LogP contribution in [0.2, 0.25) is 5.02 Å². The van der Waals surface area contributed by atoms with Crippen LogP contribution in [0.4, 0.5) is 11.4 Å². The fourth-order valence-corrected chi connectivity index (χ4v) is 4.52. The van der Waals surface area contributed by atoms with E-state index in [1.165, 1.54) is 4.90 Å². The lowest BCUT2D eigenvalue weighted by molar-refractivity contribution is -0.120. The number of anilines is 2. The number of nitrogens with zero attached hydrogens (tertiary/aromatic N) is 2. The number of benzene rings is 3. The van der Waals surface area contributed by atoms with Crippen LogP contribution >= 0.6 is 11.6 Å². The summed E-state index contributed by atoms with van der Waals surface area (Å²) in [5.74, 6) is 0.00540. The Hall–Kier alpha value is -3.57. The van der Waals surface area contributed by atoms with Crippen LogP contribution in [0.5, 0.6) is 5.75 Å². The highest BCUT2D eigenvalue weighted by Crippen LogP contribution is 2.40. The monoisotopic (exact) mass is 458 g/mol. The molecular weight excluding hydrogens is 436 g/mol. The second-order valence-corrected chi connectivity index (χ2v) is 8.80. The van der Waals surface area contributed by atoms with E-state index in [1.807, 2.05) is 36.9 Å². The van der Waals surface area contributed by atoms with Crippen molar-refractivity contribution >= 4 is 40.4 Å². The standard InChI is InChI=1S/C27H23ClN2O3/c1-17(2)33-22-13-11-21(12-14-22)30-26(31)24(19-7-9-20(28)10-8-19)25(27(30)32)29-16-15-18-5-3-4-6-23(18)29/h3-14,17H,15-16H2,1-2H3. The lowest BCUT2D eigenvalue weighted by Gasteiger charge is -2.22. The van der Waals surface area contributed by atoms with Crippen molar-refractivity contribution in [3.8, 4) is 5.75 Å². The minimum absolute atomic E-state index is 0.0333. The number of carbonyl (C=O) groups excluding carboxylic acids is 2. The molecular formula is C27H23ClN2O3. The molecule has 0 bridgehead atoms. The van der Waals surface area contributed by atoms with Gasteiger partial charge in [0.05, 0.1) is 17.4 Å². The van der Waals surface area contributed by atoms with Gasteiger partial charge in [0.15, 0.2) is 0 Å². The third-order valence-corrected chi connectivity index (χ3v) is 6.07. The van der Waals surface area contributed by atoms with Gasteiger partial charge in [-0.3, -0.25) is 9.59 Å². The lowest BCUT2D eigenvalue weighted by Crippen LogP contribution is -2.34. The SMILES string of the molecule is CC(C)Oc1ccc(N2C(=O)C(c3ccc(Cl)cc3)=C(N3CCc4ccccc43)C2=O)cc1. The number of hydrogen-bond donors (Lipinski definition) is 0. The molecule has 6 heteroatoms. The van der Waals surface area contributed by atoms with Crippen molar-refractivity contribution in [2.45, 2.75) is 26.4 Å². The predicted molar refractivity (Wildman–Crippen MR) is 131 cm³/mol. The molecule has 0 N–H and O–H groups in total. The number of carbonyl (C=O) groups is 2. The summed E-state index contributed by atoms with van der Waals surface area (Å²) < 4.78 is 5.71. The Labute approximate surface area is 197 Å². The molecule has 0 radical (unpaired) electrons. The highest BCUT2D eigenvalue weighted by atomic mass is 35.5. The molecule has 3 aromatic rings. The summed E-state index contributed by atoms with van der Waals surface area (Å²) in [6, 6.07) is 22.1. The molecule has 166 valence electrons. The van der Waals surface area contributed by atoms with Gasteiger partial charge in [-0.2, -0.15) is 0 Å². The first-order chi connectivity index (χ1) is 15.9. The topological polar surface area (TPSA) is 49.9 Å². The normalized spacial score (nSPS) is 15.6. The third-order valence-electron chi connectivity index (χ3n) is 5.82. The van der Waals surface area contributed by atoms with E-state index in [1.54, 1.807) is 48.5 Å². The van der Waals surface area contributed by atoms with Crippen molar-refractivity contribution in [1.82, 2.24) is 0 Å².